The van der Waals surface area contributed by atoms with Crippen molar-refractivity contribution >= 4 is 29.0 Å². The molecule has 2 atom stereocenters. The number of Topliss-reactive ketones (excluding diaryl/α,β-unsaturated/α-hetero) is 1. The smallest absolute Gasteiger partial charge is 0.168 e. The van der Waals surface area contributed by atoms with Crippen molar-refractivity contribution in [1.29, 1.82) is 0 Å². The van der Waals surface area contributed by atoms with Crippen molar-refractivity contribution in [2.24, 2.45) is 0 Å². The molecule has 3 heteroatoms. The number of hydrogen-bond acceptors (Lipinski definition) is 1. The van der Waals surface area contributed by atoms with E-state index < -0.39 is 0 Å². The molecular formula is C7H10Cl2O. The molecule has 0 saturated heterocycles. The number of hydrogen-bond donors (Lipinski definition) is 0. The van der Waals surface area contributed by atoms with Gasteiger partial charge in [0.2, 0.25) is 0 Å². The van der Waals surface area contributed by atoms with Crippen LogP contribution in [0.3, 0.4) is 0 Å². The second-order valence-corrected chi connectivity index (χ2v) is 3.68. The van der Waals surface area contributed by atoms with Gasteiger partial charge in [-0.1, -0.05) is 12.8 Å². The fourth-order valence-electron chi connectivity index (χ4n) is 1.13. The first kappa shape index (κ1) is 8.35. The molecule has 1 fully saturated rings. The molecule has 58 valence electrons. The molecule has 0 radical (unpaired) electrons. The molecule has 0 spiro atoms. The highest BCUT2D eigenvalue weighted by Crippen LogP contribution is 2.22. The van der Waals surface area contributed by atoms with E-state index in [0.29, 0.717) is 0 Å². The van der Waals surface area contributed by atoms with E-state index in [9.17, 15) is 4.79 Å². The van der Waals surface area contributed by atoms with Crippen LogP contribution in [-0.2, 0) is 4.79 Å². The molecule has 0 bridgehead atoms. The van der Waals surface area contributed by atoms with Crippen molar-refractivity contribution in [1.82, 2.24) is 0 Å². The Hall–Kier alpha value is 0.250. The van der Waals surface area contributed by atoms with Gasteiger partial charge in [0.1, 0.15) is 0 Å². The lowest BCUT2D eigenvalue weighted by molar-refractivity contribution is -0.118. The molecule has 0 aromatic carbocycles. The summed E-state index contributed by atoms with van der Waals surface area (Å²) in [6, 6.07) is 0. The third kappa shape index (κ3) is 1.86. The number of carbonyl (C=O) groups excluding carboxylic acids is 1. The summed E-state index contributed by atoms with van der Waals surface area (Å²) in [5.74, 6) is 0.0147. The minimum absolute atomic E-state index is 0.0147. The van der Waals surface area contributed by atoms with Crippen LogP contribution in [0.25, 0.3) is 0 Å². The predicted molar refractivity (Wildman–Crippen MR) is 42.8 cm³/mol. The van der Waals surface area contributed by atoms with Crippen molar-refractivity contribution in [3.05, 3.63) is 0 Å². The Kier molecular flexibility index (Phi) is 2.99. The van der Waals surface area contributed by atoms with Crippen LogP contribution in [0.5, 0.6) is 0 Å². The van der Waals surface area contributed by atoms with Crippen LogP contribution >= 0.6 is 23.2 Å². The highest BCUT2D eigenvalue weighted by Gasteiger charge is 2.25. The van der Waals surface area contributed by atoms with Crippen molar-refractivity contribution in [3.8, 4) is 0 Å². The highest BCUT2D eigenvalue weighted by atomic mass is 35.5. The molecule has 2 unspecified atom stereocenters. The van der Waals surface area contributed by atoms with Crippen LogP contribution in [0.4, 0.5) is 0 Å². The Labute approximate surface area is 70.7 Å². The van der Waals surface area contributed by atoms with Crippen molar-refractivity contribution in [2.75, 3.05) is 0 Å². The van der Waals surface area contributed by atoms with Gasteiger partial charge in [0.15, 0.2) is 5.78 Å². The lowest BCUT2D eigenvalue weighted by Gasteiger charge is -2.05. The molecule has 0 N–H and O–H groups in total. The molecule has 0 aromatic rings. The number of halogens is 2. The first-order chi connectivity index (χ1) is 4.72. The summed E-state index contributed by atoms with van der Waals surface area (Å²) >= 11 is 11.5. The maximum absolute atomic E-state index is 11.1. The Balaban J connectivity index is 2.55. The zero-order chi connectivity index (χ0) is 7.56. The zero-order valence-corrected chi connectivity index (χ0v) is 7.16. The summed E-state index contributed by atoms with van der Waals surface area (Å²) in [5.41, 5.74) is 0. The van der Waals surface area contributed by atoms with E-state index in [4.69, 9.17) is 23.2 Å². The van der Waals surface area contributed by atoms with E-state index in [1.54, 1.807) is 0 Å². The van der Waals surface area contributed by atoms with E-state index in [-0.39, 0.29) is 16.5 Å². The number of rotatable bonds is 0. The van der Waals surface area contributed by atoms with Gasteiger partial charge in [0, 0.05) is 0 Å². The summed E-state index contributed by atoms with van der Waals surface area (Å²) in [6.45, 7) is 0. The van der Waals surface area contributed by atoms with E-state index in [1.807, 2.05) is 0 Å². The van der Waals surface area contributed by atoms with Crippen LogP contribution < -0.4 is 0 Å². The van der Waals surface area contributed by atoms with Crippen LogP contribution in [0, 0.1) is 0 Å². The number of carbonyl (C=O) groups is 1. The maximum atomic E-state index is 11.1. The van der Waals surface area contributed by atoms with E-state index in [2.05, 4.69) is 0 Å². The predicted octanol–water partition coefficient (Wildman–Crippen LogP) is 2.34. The lowest BCUT2D eigenvalue weighted by atomic mass is 10.2. The van der Waals surface area contributed by atoms with Gasteiger partial charge in [-0.25, -0.2) is 0 Å². The Morgan fingerprint density at radius 1 is 1.10 bits per heavy atom. The molecule has 0 amide bonds. The SMILES string of the molecule is O=C1C(Cl)CCCCC1Cl. The van der Waals surface area contributed by atoms with Crippen LogP contribution in [0.2, 0.25) is 0 Å². The Morgan fingerprint density at radius 3 is 1.90 bits per heavy atom. The van der Waals surface area contributed by atoms with E-state index in [1.165, 1.54) is 0 Å². The van der Waals surface area contributed by atoms with Gasteiger partial charge >= 0.3 is 0 Å². The zero-order valence-electron chi connectivity index (χ0n) is 5.65. The second-order valence-electron chi connectivity index (χ2n) is 2.62. The normalized spacial score (nSPS) is 35.6. The van der Waals surface area contributed by atoms with Gasteiger partial charge in [-0.05, 0) is 12.8 Å². The minimum atomic E-state index is -0.329. The van der Waals surface area contributed by atoms with Gasteiger partial charge in [-0.3, -0.25) is 4.79 Å². The minimum Gasteiger partial charge on any atom is -0.296 e. The van der Waals surface area contributed by atoms with Crippen molar-refractivity contribution in [2.45, 2.75) is 36.4 Å². The molecule has 10 heavy (non-hydrogen) atoms. The molecule has 1 aliphatic rings. The fourth-order valence-corrected chi connectivity index (χ4v) is 1.81. The van der Waals surface area contributed by atoms with Gasteiger partial charge < -0.3 is 0 Å². The number of ketones is 1. The van der Waals surface area contributed by atoms with Crippen LogP contribution in [-0.4, -0.2) is 16.5 Å². The summed E-state index contributed by atoms with van der Waals surface area (Å²) in [7, 11) is 0. The molecule has 0 heterocycles. The van der Waals surface area contributed by atoms with Gasteiger partial charge in [0.05, 0.1) is 10.8 Å². The topological polar surface area (TPSA) is 17.1 Å². The van der Waals surface area contributed by atoms with Gasteiger partial charge in [-0.15, -0.1) is 23.2 Å². The third-order valence-corrected chi connectivity index (χ3v) is 2.65. The Bertz CT molecular complexity index is 122. The molecule has 0 aromatic heterocycles. The van der Waals surface area contributed by atoms with Crippen LogP contribution in [0.15, 0.2) is 0 Å². The number of alkyl halides is 2. The fraction of sp³-hybridized carbons (Fsp3) is 0.857. The Morgan fingerprint density at radius 2 is 1.50 bits per heavy atom. The quantitative estimate of drug-likeness (QED) is 0.414. The largest absolute Gasteiger partial charge is 0.296 e. The third-order valence-electron chi connectivity index (χ3n) is 1.78. The van der Waals surface area contributed by atoms with E-state index >= 15 is 0 Å². The van der Waals surface area contributed by atoms with E-state index in [0.717, 1.165) is 25.7 Å². The standard InChI is InChI=1S/C7H10Cl2O/c8-5-3-1-2-4-6(9)7(5)10/h5-6H,1-4H2. The van der Waals surface area contributed by atoms with Crippen LogP contribution in [0.1, 0.15) is 25.7 Å². The molecule has 1 aliphatic carbocycles. The van der Waals surface area contributed by atoms with Crippen molar-refractivity contribution < 1.29 is 4.79 Å². The summed E-state index contributed by atoms with van der Waals surface area (Å²) < 4.78 is 0. The summed E-state index contributed by atoms with van der Waals surface area (Å²) in [6.07, 6.45) is 3.65. The first-order valence-electron chi connectivity index (χ1n) is 3.53. The molecular weight excluding hydrogens is 171 g/mol. The average molecular weight is 181 g/mol. The first-order valence-corrected chi connectivity index (χ1v) is 4.41. The second kappa shape index (κ2) is 3.59. The summed E-state index contributed by atoms with van der Waals surface area (Å²) in [5, 5.41) is -0.657. The molecule has 1 rings (SSSR count). The van der Waals surface area contributed by atoms with Crippen molar-refractivity contribution in [3.63, 3.8) is 0 Å². The maximum Gasteiger partial charge on any atom is 0.168 e. The lowest BCUT2D eigenvalue weighted by Crippen LogP contribution is -2.21. The summed E-state index contributed by atoms with van der Waals surface area (Å²) in [4.78, 5) is 11.1. The molecule has 1 nitrogen and oxygen atoms in total. The van der Waals surface area contributed by atoms with Gasteiger partial charge in [-0.2, -0.15) is 0 Å². The molecule has 1 saturated carbocycles. The highest BCUT2D eigenvalue weighted by molar-refractivity contribution is 6.40. The molecule has 0 aliphatic heterocycles. The van der Waals surface area contributed by atoms with Gasteiger partial charge in [0.25, 0.3) is 0 Å². The monoisotopic (exact) mass is 180 g/mol. The average Bonchev–Trinajstić information content (AvgIpc) is 2.04.